The van der Waals surface area contributed by atoms with Gasteiger partial charge in [0.1, 0.15) is 6.07 Å². The van der Waals surface area contributed by atoms with Crippen LogP contribution >= 0.6 is 0 Å². The van der Waals surface area contributed by atoms with Crippen molar-refractivity contribution < 1.29 is 0 Å². The van der Waals surface area contributed by atoms with Gasteiger partial charge in [0.15, 0.2) is 5.69 Å². The molecule has 4 nitrogen and oxygen atoms in total. The van der Waals surface area contributed by atoms with Gasteiger partial charge in [-0.2, -0.15) is 5.26 Å². The van der Waals surface area contributed by atoms with E-state index >= 15 is 0 Å². The highest BCUT2D eigenvalue weighted by Gasteiger charge is 1.99. The maximum absolute atomic E-state index is 8.75. The second kappa shape index (κ2) is 5.95. The van der Waals surface area contributed by atoms with Gasteiger partial charge in [0.25, 0.3) is 0 Å². The van der Waals surface area contributed by atoms with Gasteiger partial charge in [0, 0.05) is 12.7 Å². The Hall–Kier alpha value is -1.60. The highest BCUT2D eigenvalue weighted by molar-refractivity contribution is 5.53. The third-order valence-electron chi connectivity index (χ3n) is 1.86. The minimum Gasteiger partial charge on any atom is -0.383 e. The van der Waals surface area contributed by atoms with Crippen LogP contribution in [-0.2, 0) is 0 Å². The number of nitriles is 1. The van der Waals surface area contributed by atoms with E-state index in [1.165, 1.54) is 0 Å². The molecule has 0 amide bonds. The molecular weight excluding hydrogens is 176 g/mol. The van der Waals surface area contributed by atoms with Crippen molar-refractivity contribution in [3.05, 3.63) is 24.0 Å². The highest BCUT2D eigenvalue weighted by Crippen LogP contribution is 2.10. The Balaban J connectivity index is 2.46. The van der Waals surface area contributed by atoms with Gasteiger partial charge in [-0.15, -0.1) is 0 Å². The Labute approximate surface area is 83.8 Å². The van der Waals surface area contributed by atoms with Gasteiger partial charge < -0.3 is 11.1 Å². The first-order valence-corrected chi connectivity index (χ1v) is 4.67. The molecule has 0 spiro atoms. The minimum atomic E-state index is 0.445. The van der Waals surface area contributed by atoms with E-state index < -0.39 is 0 Å². The van der Waals surface area contributed by atoms with Crippen LogP contribution in [0.2, 0.25) is 0 Å². The van der Waals surface area contributed by atoms with Gasteiger partial charge in [0.2, 0.25) is 0 Å². The monoisotopic (exact) mass is 190 g/mol. The van der Waals surface area contributed by atoms with Gasteiger partial charge in [-0.1, -0.05) is 0 Å². The quantitative estimate of drug-likeness (QED) is 0.682. The molecule has 0 atom stereocenters. The molecule has 0 aliphatic carbocycles. The number of anilines is 1. The Kier molecular flexibility index (Phi) is 4.45. The minimum absolute atomic E-state index is 0.445. The number of nitrogens with zero attached hydrogens (tertiary/aromatic N) is 2. The normalized spacial score (nSPS) is 9.43. The zero-order valence-corrected chi connectivity index (χ0v) is 8.03. The average molecular weight is 190 g/mol. The van der Waals surface area contributed by atoms with Crippen molar-refractivity contribution in [2.45, 2.75) is 12.8 Å². The van der Waals surface area contributed by atoms with Crippen molar-refractivity contribution in [3.63, 3.8) is 0 Å². The molecule has 0 fully saturated rings. The van der Waals surface area contributed by atoms with E-state index in [0.29, 0.717) is 12.2 Å². The van der Waals surface area contributed by atoms with Crippen molar-refractivity contribution >= 4 is 5.69 Å². The summed E-state index contributed by atoms with van der Waals surface area (Å²) in [6.45, 7) is 1.54. The number of aromatic nitrogens is 1. The van der Waals surface area contributed by atoms with Crippen LogP contribution < -0.4 is 11.1 Å². The Morgan fingerprint density at radius 2 is 2.36 bits per heavy atom. The molecule has 0 aliphatic heterocycles. The summed E-state index contributed by atoms with van der Waals surface area (Å²) < 4.78 is 0. The Morgan fingerprint density at radius 3 is 3.07 bits per heavy atom. The summed E-state index contributed by atoms with van der Waals surface area (Å²) in [7, 11) is 0. The SMILES string of the molecule is N#Cc1ncccc1NCCCCN. The number of nitrogens with two attached hydrogens (primary N) is 1. The summed E-state index contributed by atoms with van der Waals surface area (Å²) in [5.74, 6) is 0. The van der Waals surface area contributed by atoms with Gasteiger partial charge >= 0.3 is 0 Å². The van der Waals surface area contributed by atoms with E-state index in [1.54, 1.807) is 6.20 Å². The smallest absolute Gasteiger partial charge is 0.163 e. The van der Waals surface area contributed by atoms with E-state index in [4.69, 9.17) is 11.0 Å². The van der Waals surface area contributed by atoms with Crippen LogP contribution in [0.4, 0.5) is 5.69 Å². The van der Waals surface area contributed by atoms with Gasteiger partial charge in [-0.25, -0.2) is 4.98 Å². The summed E-state index contributed by atoms with van der Waals surface area (Å²) >= 11 is 0. The van der Waals surface area contributed by atoms with Crippen molar-refractivity contribution in [1.82, 2.24) is 4.98 Å². The molecule has 0 saturated heterocycles. The summed E-state index contributed by atoms with van der Waals surface area (Å²) in [4.78, 5) is 3.95. The number of unbranched alkanes of at least 4 members (excludes halogenated alkanes) is 1. The molecule has 0 saturated carbocycles. The Morgan fingerprint density at radius 1 is 1.50 bits per heavy atom. The number of rotatable bonds is 5. The van der Waals surface area contributed by atoms with E-state index in [0.717, 1.165) is 25.1 Å². The zero-order valence-electron chi connectivity index (χ0n) is 8.03. The van der Waals surface area contributed by atoms with Crippen LogP contribution in [0.5, 0.6) is 0 Å². The molecule has 0 unspecified atom stereocenters. The lowest BCUT2D eigenvalue weighted by Gasteiger charge is -2.05. The average Bonchev–Trinajstić information content (AvgIpc) is 2.25. The van der Waals surface area contributed by atoms with Gasteiger partial charge in [-0.05, 0) is 31.5 Å². The van der Waals surface area contributed by atoms with Crippen molar-refractivity contribution in [2.24, 2.45) is 5.73 Å². The van der Waals surface area contributed by atoms with Crippen molar-refractivity contribution in [1.29, 1.82) is 5.26 Å². The first kappa shape index (κ1) is 10.5. The van der Waals surface area contributed by atoms with E-state index in [9.17, 15) is 0 Å². The third kappa shape index (κ3) is 3.04. The third-order valence-corrected chi connectivity index (χ3v) is 1.86. The lowest BCUT2D eigenvalue weighted by Crippen LogP contribution is -2.07. The summed E-state index contributed by atoms with van der Waals surface area (Å²) in [5, 5.41) is 11.9. The standard InChI is InChI=1S/C10H14N4/c11-5-1-2-6-13-9-4-3-7-14-10(9)8-12/h3-4,7,13H,1-2,5-6,11H2. The molecule has 4 heteroatoms. The number of nitrogens with one attached hydrogen (secondary N) is 1. The van der Waals surface area contributed by atoms with Gasteiger partial charge in [-0.3, -0.25) is 0 Å². The number of hydrogen-bond donors (Lipinski definition) is 2. The lowest BCUT2D eigenvalue weighted by atomic mass is 10.2. The first-order valence-electron chi connectivity index (χ1n) is 4.67. The molecule has 0 aromatic carbocycles. The fourth-order valence-corrected chi connectivity index (χ4v) is 1.13. The second-order valence-electron chi connectivity index (χ2n) is 2.93. The molecule has 1 aromatic heterocycles. The molecular formula is C10H14N4. The lowest BCUT2D eigenvalue weighted by molar-refractivity contribution is 0.774. The largest absolute Gasteiger partial charge is 0.383 e. The van der Waals surface area contributed by atoms with E-state index in [-0.39, 0.29) is 0 Å². The summed E-state index contributed by atoms with van der Waals surface area (Å²) in [5.41, 5.74) is 6.61. The zero-order chi connectivity index (χ0) is 10.2. The molecule has 0 bridgehead atoms. The topological polar surface area (TPSA) is 74.7 Å². The van der Waals surface area contributed by atoms with Crippen LogP contribution in [0.3, 0.4) is 0 Å². The predicted molar refractivity (Wildman–Crippen MR) is 55.7 cm³/mol. The maximum atomic E-state index is 8.75. The Bertz CT molecular complexity index is 316. The van der Waals surface area contributed by atoms with E-state index in [1.807, 2.05) is 18.2 Å². The molecule has 0 aliphatic rings. The maximum Gasteiger partial charge on any atom is 0.163 e. The van der Waals surface area contributed by atoms with Crippen LogP contribution in [0.25, 0.3) is 0 Å². The first-order chi connectivity index (χ1) is 6.88. The predicted octanol–water partition coefficient (Wildman–Crippen LogP) is 1.10. The second-order valence-corrected chi connectivity index (χ2v) is 2.93. The highest BCUT2D eigenvalue weighted by atomic mass is 14.9. The molecule has 1 aromatic rings. The van der Waals surface area contributed by atoms with Crippen LogP contribution in [0.15, 0.2) is 18.3 Å². The molecule has 0 radical (unpaired) electrons. The molecule has 74 valence electrons. The van der Waals surface area contributed by atoms with Gasteiger partial charge in [0.05, 0.1) is 5.69 Å². The fourth-order valence-electron chi connectivity index (χ4n) is 1.13. The van der Waals surface area contributed by atoms with E-state index in [2.05, 4.69) is 10.3 Å². The molecule has 14 heavy (non-hydrogen) atoms. The summed E-state index contributed by atoms with van der Waals surface area (Å²) in [6, 6.07) is 5.70. The number of hydrogen-bond acceptors (Lipinski definition) is 4. The fraction of sp³-hybridized carbons (Fsp3) is 0.400. The van der Waals surface area contributed by atoms with Crippen LogP contribution in [0.1, 0.15) is 18.5 Å². The molecule has 1 rings (SSSR count). The van der Waals surface area contributed by atoms with Crippen molar-refractivity contribution in [2.75, 3.05) is 18.4 Å². The van der Waals surface area contributed by atoms with Crippen LogP contribution in [0, 0.1) is 11.3 Å². The van der Waals surface area contributed by atoms with Crippen LogP contribution in [-0.4, -0.2) is 18.1 Å². The molecule has 1 heterocycles. The summed E-state index contributed by atoms with van der Waals surface area (Å²) in [6.07, 6.45) is 3.62. The van der Waals surface area contributed by atoms with Crippen molar-refractivity contribution in [3.8, 4) is 6.07 Å². The molecule has 3 N–H and O–H groups in total. The number of pyridine rings is 1.